The maximum atomic E-state index is 12.6. The van der Waals surface area contributed by atoms with Gasteiger partial charge in [0.05, 0.1) is 5.92 Å². The minimum Gasteiger partial charge on any atom is -0.481 e. The molecule has 0 aliphatic heterocycles. The molecule has 0 aromatic heterocycles. The summed E-state index contributed by atoms with van der Waals surface area (Å²) in [5, 5.41) is 12.3. The van der Waals surface area contributed by atoms with Gasteiger partial charge in [-0.1, -0.05) is 48.0 Å². The summed E-state index contributed by atoms with van der Waals surface area (Å²) in [5.74, 6) is -2.11. The SMILES string of the molecule is Cc1ccc(C(=O)Nc2ccc(C(=O)CC(CCCc3ccccc3)C(=O)O)cc2)cc1. The zero-order valence-corrected chi connectivity index (χ0v) is 18.1. The molecule has 0 saturated carbocycles. The van der Waals surface area contributed by atoms with Crippen molar-refractivity contribution in [1.82, 2.24) is 0 Å². The Morgan fingerprint density at radius 1 is 0.844 bits per heavy atom. The van der Waals surface area contributed by atoms with Gasteiger partial charge in [-0.3, -0.25) is 14.4 Å². The van der Waals surface area contributed by atoms with Crippen molar-refractivity contribution >= 4 is 23.3 Å². The van der Waals surface area contributed by atoms with Crippen LogP contribution in [0.15, 0.2) is 78.9 Å². The lowest BCUT2D eigenvalue weighted by Gasteiger charge is -2.12. The highest BCUT2D eigenvalue weighted by Gasteiger charge is 2.21. The summed E-state index contributed by atoms with van der Waals surface area (Å²) in [7, 11) is 0. The van der Waals surface area contributed by atoms with Crippen LogP contribution in [0.2, 0.25) is 0 Å². The van der Waals surface area contributed by atoms with Crippen LogP contribution >= 0.6 is 0 Å². The Kier molecular flexibility index (Phi) is 7.92. The maximum Gasteiger partial charge on any atom is 0.306 e. The highest BCUT2D eigenvalue weighted by molar-refractivity contribution is 6.04. The van der Waals surface area contributed by atoms with Gasteiger partial charge in [-0.05, 0) is 68.1 Å². The molecule has 5 nitrogen and oxygen atoms in total. The molecule has 32 heavy (non-hydrogen) atoms. The number of carbonyl (C=O) groups is 3. The quantitative estimate of drug-likeness (QED) is 0.414. The number of anilines is 1. The number of amides is 1. The summed E-state index contributed by atoms with van der Waals surface area (Å²) in [6.07, 6.45) is 1.90. The number of benzene rings is 3. The third kappa shape index (κ3) is 6.64. The first-order valence-electron chi connectivity index (χ1n) is 10.7. The predicted molar refractivity (Wildman–Crippen MR) is 125 cm³/mol. The van der Waals surface area contributed by atoms with Crippen molar-refractivity contribution < 1.29 is 19.5 Å². The Morgan fingerprint density at radius 3 is 2.09 bits per heavy atom. The van der Waals surface area contributed by atoms with E-state index in [4.69, 9.17) is 0 Å². The highest BCUT2D eigenvalue weighted by atomic mass is 16.4. The molecule has 0 heterocycles. The van der Waals surface area contributed by atoms with E-state index in [0.29, 0.717) is 29.7 Å². The number of ketones is 1. The van der Waals surface area contributed by atoms with Crippen molar-refractivity contribution in [2.75, 3.05) is 5.32 Å². The number of hydrogen-bond acceptors (Lipinski definition) is 3. The number of rotatable bonds is 10. The number of hydrogen-bond donors (Lipinski definition) is 2. The number of Topliss-reactive ketones (excluding diaryl/α,β-unsaturated/α-hetero) is 1. The first kappa shape index (κ1) is 22.9. The van der Waals surface area contributed by atoms with Gasteiger partial charge in [0.25, 0.3) is 5.91 Å². The molecule has 3 rings (SSSR count). The fraction of sp³-hybridized carbons (Fsp3) is 0.222. The van der Waals surface area contributed by atoms with Crippen molar-refractivity contribution in [3.8, 4) is 0 Å². The van der Waals surface area contributed by atoms with Crippen LogP contribution in [0.25, 0.3) is 0 Å². The minimum atomic E-state index is -0.951. The second-order valence-corrected chi connectivity index (χ2v) is 7.94. The minimum absolute atomic E-state index is 0.0425. The molecule has 2 N–H and O–H groups in total. The summed E-state index contributed by atoms with van der Waals surface area (Å²) in [4.78, 5) is 36.6. The van der Waals surface area contributed by atoms with E-state index in [1.165, 1.54) is 0 Å². The molecule has 0 aliphatic carbocycles. The molecule has 0 spiro atoms. The molecule has 0 saturated heterocycles. The normalized spacial score (nSPS) is 11.5. The van der Waals surface area contributed by atoms with Crippen LogP contribution in [0.1, 0.15) is 51.1 Å². The zero-order valence-electron chi connectivity index (χ0n) is 18.1. The van der Waals surface area contributed by atoms with Crippen molar-refractivity contribution in [3.63, 3.8) is 0 Å². The Hall–Kier alpha value is -3.73. The number of aliphatic carboxylic acids is 1. The Labute approximate surface area is 188 Å². The van der Waals surface area contributed by atoms with Gasteiger partial charge in [-0.15, -0.1) is 0 Å². The number of carboxylic acids is 1. The second-order valence-electron chi connectivity index (χ2n) is 7.94. The average molecular weight is 430 g/mol. The molecule has 3 aromatic rings. The van der Waals surface area contributed by atoms with Crippen LogP contribution in [0, 0.1) is 12.8 Å². The molecule has 0 fully saturated rings. The monoisotopic (exact) mass is 429 g/mol. The Morgan fingerprint density at radius 2 is 1.47 bits per heavy atom. The van der Waals surface area contributed by atoms with E-state index >= 15 is 0 Å². The van der Waals surface area contributed by atoms with Crippen molar-refractivity contribution in [2.45, 2.75) is 32.6 Å². The molecular weight excluding hydrogens is 402 g/mol. The Balaban J connectivity index is 1.54. The third-order valence-electron chi connectivity index (χ3n) is 5.42. The van der Waals surface area contributed by atoms with Gasteiger partial charge in [-0.2, -0.15) is 0 Å². The molecule has 0 bridgehead atoms. The summed E-state index contributed by atoms with van der Waals surface area (Å²) in [6, 6.07) is 23.7. The van der Waals surface area contributed by atoms with Crippen molar-refractivity contribution in [3.05, 3.63) is 101 Å². The van der Waals surface area contributed by atoms with Crippen molar-refractivity contribution in [2.24, 2.45) is 5.92 Å². The molecule has 164 valence electrons. The van der Waals surface area contributed by atoms with Gasteiger partial charge in [0.1, 0.15) is 0 Å². The highest BCUT2D eigenvalue weighted by Crippen LogP contribution is 2.19. The van der Waals surface area contributed by atoms with Gasteiger partial charge in [0.15, 0.2) is 5.78 Å². The lowest BCUT2D eigenvalue weighted by molar-refractivity contribution is -0.141. The van der Waals surface area contributed by atoms with E-state index in [1.54, 1.807) is 36.4 Å². The van der Waals surface area contributed by atoms with Crippen LogP contribution in [0.3, 0.4) is 0 Å². The molecule has 3 aromatic carbocycles. The van der Waals surface area contributed by atoms with E-state index in [9.17, 15) is 19.5 Å². The summed E-state index contributed by atoms with van der Waals surface area (Å²) in [5.41, 5.74) is 3.79. The summed E-state index contributed by atoms with van der Waals surface area (Å²) >= 11 is 0. The van der Waals surface area contributed by atoms with E-state index in [2.05, 4.69) is 5.32 Å². The van der Waals surface area contributed by atoms with Gasteiger partial charge in [0.2, 0.25) is 0 Å². The van der Waals surface area contributed by atoms with E-state index < -0.39 is 11.9 Å². The number of carboxylic acid groups (broad SMARTS) is 1. The van der Waals surface area contributed by atoms with E-state index in [0.717, 1.165) is 17.5 Å². The fourth-order valence-electron chi connectivity index (χ4n) is 3.50. The fourth-order valence-corrected chi connectivity index (χ4v) is 3.50. The molecular formula is C27H27NO4. The van der Waals surface area contributed by atoms with E-state index in [-0.39, 0.29) is 18.1 Å². The van der Waals surface area contributed by atoms with Crippen LogP contribution in [-0.4, -0.2) is 22.8 Å². The molecule has 0 radical (unpaired) electrons. The molecule has 1 unspecified atom stereocenters. The third-order valence-corrected chi connectivity index (χ3v) is 5.42. The summed E-state index contributed by atoms with van der Waals surface area (Å²) < 4.78 is 0. The zero-order chi connectivity index (χ0) is 22.9. The van der Waals surface area contributed by atoms with Crippen LogP contribution in [-0.2, 0) is 11.2 Å². The molecule has 1 atom stereocenters. The first-order valence-corrected chi connectivity index (χ1v) is 10.7. The standard InChI is InChI=1S/C27H27NO4/c1-19-10-12-22(13-11-19)26(30)28-24-16-14-21(15-17-24)25(29)18-23(27(31)32)9-5-8-20-6-3-2-4-7-20/h2-4,6-7,10-17,23H,5,8-9,18H2,1H3,(H,28,30)(H,31,32). The molecule has 1 amide bonds. The Bertz CT molecular complexity index is 1060. The first-order chi connectivity index (χ1) is 15.4. The number of carbonyl (C=O) groups excluding carboxylic acids is 2. The van der Waals surface area contributed by atoms with E-state index in [1.807, 2.05) is 49.4 Å². The van der Waals surface area contributed by atoms with Gasteiger partial charge < -0.3 is 10.4 Å². The number of aryl methyl sites for hydroxylation is 2. The van der Waals surface area contributed by atoms with Crippen molar-refractivity contribution in [1.29, 1.82) is 0 Å². The smallest absolute Gasteiger partial charge is 0.306 e. The molecule has 0 aliphatic rings. The van der Waals surface area contributed by atoms with Crippen LogP contribution in [0.5, 0.6) is 0 Å². The lowest BCUT2D eigenvalue weighted by atomic mass is 9.92. The van der Waals surface area contributed by atoms with Gasteiger partial charge in [0, 0.05) is 23.2 Å². The number of nitrogens with one attached hydrogen (secondary N) is 1. The van der Waals surface area contributed by atoms with Crippen LogP contribution in [0.4, 0.5) is 5.69 Å². The predicted octanol–water partition coefficient (Wildman–Crippen LogP) is 5.54. The largest absolute Gasteiger partial charge is 0.481 e. The lowest BCUT2D eigenvalue weighted by Crippen LogP contribution is -2.18. The molecule has 5 heteroatoms. The van der Waals surface area contributed by atoms with Crippen LogP contribution < -0.4 is 5.32 Å². The maximum absolute atomic E-state index is 12.6. The second kappa shape index (κ2) is 11.0. The average Bonchev–Trinajstić information content (AvgIpc) is 2.79. The summed E-state index contributed by atoms with van der Waals surface area (Å²) in [6.45, 7) is 1.95. The topological polar surface area (TPSA) is 83.5 Å². The van der Waals surface area contributed by atoms with Gasteiger partial charge >= 0.3 is 5.97 Å². The van der Waals surface area contributed by atoms with Gasteiger partial charge in [-0.25, -0.2) is 0 Å².